The highest BCUT2D eigenvalue weighted by Gasteiger charge is 2.32. The minimum absolute atomic E-state index is 0.235. The van der Waals surface area contributed by atoms with Crippen LogP contribution in [-0.4, -0.2) is 17.8 Å². The minimum Gasteiger partial charge on any atom is -0.356 e. The molecule has 0 aliphatic heterocycles. The lowest BCUT2D eigenvalue weighted by Gasteiger charge is -2.12. The Morgan fingerprint density at radius 3 is 2.67 bits per heavy atom. The van der Waals surface area contributed by atoms with Crippen molar-refractivity contribution in [3.8, 4) is 0 Å². The van der Waals surface area contributed by atoms with Crippen LogP contribution in [0.4, 0.5) is 0 Å². The van der Waals surface area contributed by atoms with Gasteiger partial charge in [-0.1, -0.05) is 29.8 Å². The number of alkyl halides is 1. The number of nitrogens with one attached hydrogen (secondary N) is 1. The summed E-state index contributed by atoms with van der Waals surface area (Å²) in [6.07, 6.45) is 4.77. The molecule has 2 nitrogen and oxygen atoms in total. The summed E-state index contributed by atoms with van der Waals surface area (Å²) >= 11 is 3.46. The number of rotatable bonds is 7. The molecule has 1 amide bonds. The monoisotopic (exact) mass is 275 g/mol. The predicted molar refractivity (Wildman–Crippen MR) is 67.1 cm³/mol. The highest BCUT2D eigenvalue weighted by Crippen LogP contribution is 2.36. The van der Waals surface area contributed by atoms with Gasteiger partial charge in [0.15, 0.2) is 0 Å². The van der Waals surface area contributed by atoms with E-state index in [1.165, 1.54) is 19.3 Å². The summed E-state index contributed by atoms with van der Waals surface area (Å²) in [6, 6.07) is 0. The Balaban J connectivity index is 2.01. The van der Waals surface area contributed by atoms with Crippen molar-refractivity contribution in [2.75, 3.05) is 11.9 Å². The first-order chi connectivity index (χ1) is 7.15. The Hall–Kier alpha value is -0.0500. The first kappa shape index (κ1) is 13.0. The Labute approximate surface area is 101 Å². The number of amides is 1. The van der Waals surface area contributed by atoms with Crippen molar-refractivity contribution in [3.63, 3.8) is 0 Å². The van der Waals surface area contributed by atoms with Crippen molar-refractivity contribution in [1.29, 1.82) is 0 Å². The van der Waals surface area contributed by atoms with Gasteiger partial charge in [-0.05, 0) is 37.5 Å². The summed E-state index contributed by atoms with van der Waals surface area (Å²) in [5.41, 5.74) is 0. The molecule has 1 rings (SSSR count). The van der Waals surface area contributed by atoms with Crippen molar-refractivity contribution >= 4 is 21.8 Å². The minimum atomic E-state index is 0.235. The molecular weight excluding hydrogens is 254 g/mol. The van der Waals surface area contributed by atoms with Crippen LogP contribution >= 0.6 is 15.9 Å². The van der Waals surface area contributed by atoms with E-state index < -0.39 is 0 Å². The summed E-state index contributed by atoms with van der Waals surface area (Å²) in [4.78, 5) is 11.6. The molecule has 0 bridgehead atoms. The molecule has 0 saturated heterocycles. The topological polar surface area (TPSA) is 29.1 Å². The average molecular weight is 276 g/mol. The second-order valence-corrected chi connectivity index (χ2v) is 5.47. The molecule has 2 atom stereocenters. The van der Waals surface area contributed by atoms with Crippen molar-refractivity contribution in [2.45, 2.75) is 39.5 Å². The molecule has 0 heterocycles. The number of hydrogen-bond acceptors (Lipinski definition) is 1. The summed E-state index contributed by atoms with van der Waals surface area (Å²) in [7, 11) is 0. The molecule has 1 N–H and O–H groups in total. The molecule has 1 fully saturated rings. The average Bonchev–Trinajstić information content (AvgIpc) is 3.06. The summed E-state index contributed by atoms with van der Waals surface area (Å²) in [5.74, 6) is 1.87. The molecule has 1 aliphatic carbocycles. The Morgan fingerprint density at radius 1 is 1.47 bits per heavy atom. The van der Waals surface area contributed by atoms with E-state index in [-0.39, 0.29) is 11.8 Å². The van der Waals surface area contributed by atoms with E-state index >= 15 is 0 Å². The van der Waals surface area contributed by atoms with Gasteiger partial charge in [-0.25, -0.2) is 0 Å². The van der Waals surface area contributed by atoms with Gasteiger partial charge >= 0.3 is 0 Å². The number of halogens is 1. The normalized spacial score (nSPS) is 19.7. The first-order valence-electron chi connectivity index (χ1n) is 5.98. The van der Waals surface area contributed by atoms with Crippen LogP contribution in [0.15, 0.2) is 0 Å². The standard InChI is InChI=1S/C12H22BrNO/c1-9(8-13)4-3-7-14-12(15)10(2)11-5-6-11/h9-11H,3-8H2,1-2H3,(H,14,15). The Morgan fingerprint density at radius 2 is 2.13 bits per heavy atom. The third kappa shape index (κ3) is 5.01. The van der Waals surface area contributed by atoms with Crippen LogP contribution < -0.4 is 5.32 Å². The van der Waals surface area contributed by atoms with Gasteiger partial charge in [0, 0.05) is 17.8 Å². The van der Waals surface area contributed by atoms with E-state index in [0.29, 0.717) is 11.8 Å². The molecule has 1 saturated carbocycles. The predicted octanol–water partition coefficient (Wildman–Crippen LogP) is 2.96. The third-order valence-electron chi connectivity index (χ3n) is 3.18. The molecule has 15 heavy (non-hydrogen) atoms. The van der Waals surface area contributed by atoms with Crippen LogP contribution in [0, 0.1) is 17.8 Å². The molecule has 3 heteroatoms. The van der Waals surface area contributed by atoms with E-state index in [2.05, 4.69) is 28.2 Å². The van der Waals surface area contributed by atoms with E-state index in [1.807, 2.05) is 6.92 Å². The Kier molecular flexibility index (Phi) is 5.65. The van der Waals surface area contributed by atoms with Gasteiger partial charge in [-0.3, -0.25) is 4.79 Å². The van der Waals surface area contributed by atoms with Gasteiger partial charge in [-0.15, -0.1) is 0 Å². The molecule has 0 aromatic carbocycles. The van der Waals surface area contributed by atoms with Crippen LogP contribution in [0.2, 0.25) is 0 Å². The molecule has 88 valence electrons. The molecule has 0 aromatic heterocycles. The lowest BCUT2D eigenvalue weighted by Crippen LogP contribution is -2.31. The second-order valence-electron chi connectivity index (χ2n) is 4.82. The van der Waals surface area contributed by atoms with Gasteiger partial charge in [-0.2, -0.15) is 0 Å². The fourth-order valence-corrected chi connectivity index (χ4v) is 2.03. The zero-order valence-corrected chi connectivity index (χ0v) is 11.3. The number of hydrogen-bond donors (Lipinski definition) is 1. The Bertz CT molecular complexity index is 204. The third-order valence-corrected chi connectivity index (χ3v) is 4.28. The van der Waals surface area contributed by atoms with Gasteiger partial charge in [0.1, 0.15) is 0 Å². The molecule has 1 aliphatic rings. The summed E-state index contributed by atoms with van der Waals surface area (Å²) < 4.78 is 0. The largest absolute Gasteiger partial charge is 0.356 e. The zero-order chi connectivity index (χ0) is 11.3. The molecule has 0 aromatic rings. The summed E-state index contributed by atoms with van der Waals surface area (Å²) in [6.45, 7) is 5.12. The van der Waals surface area contributed by atoms with Crippen LogP contribution in [-0.2, 0) is 4.79 Å². The van der Waals surface area contributed by atoms with Crippen LogP contribution in [0.5, 0.6) is 0 Å². The molecule has 2 unspecified atom stereocenters. The fourth-order valence-electron chi connectivity index (χ4n) is 1.71. The molecular formula is C12H22BrNO. The van der Waals surface area contributed by atoms with E-state index in [4.69, 9.17) is 0 Å². The van der Waals surface area contributed by atoms with Crippen molar-refractivity contribution in [1.82, 2.24) is 5.32 Å². The van der Waals surface area contributed by atoms with E-state index in [9.17, 15) is 4.79 Å². The number of carbonyl (C=O) groups is 1. The van der Waals surface area contributed by atoms with Crippen molar-refractivity contribution in [2.24, 2.45) is 17.8 Å². The van der Waals surface area contributed by atoms with Crippen LogP contribution in [0.25, 0.3) is 0 Å². The molecule has 0 spiro atoms. The maximum Gasteiger partial charge on any atom is 0.223 e. The molecule has 0 radical (unpaired) electrons. The summed E-state index contributed by atoms with van der Waals surface area (Å²) in [5, 5.41) is 4.08. The second kappa shape index (κ2) is 6.51. The van der Waals surface area contributed by atoms with E-state index in [0.717, 1.165) is 18.3 Å². The van der Waals surface area contributed by atoms with Gasteiger partial charge < -0.3 is 5.32 Å². The van der Waals surface area contributed by atoms with Gasteiger partial charge in [0.2, 0.25) is 5.91 Å². The van der Waals surface area contributed by atoms with E-state index in [1.54, 1.807) is 0 Å². The van der Waals surface area contributed by atoms with Crippen molar-refractivity contribution < 1.29 is 4.79 Å². The highest BCUT2D eigenvalue weighted by molar-refractivity contribution is 9.09. The first-order valence-corrected chi connectivity index (χ1v) is 7.11. The fraction of sp³-hybridized carbons (Fsp3) is 0.917. The van der Waals surface area contributed by atoms with Crippen molar-refractivity contribution in [3.05, 3.63) is 0 Å². The highest BCUT2D eigenvalue weighted by atomic mass is 79.9. The number of carbonyl (C=O) groups excluding carboxylic acids is 1. The smallest absolute Gasteiger partial charge is 0.223 e. The quantitative estimate of drug-likeness (QED) is 0.562. The lowest BCUT2D eigenvalue weighted by atomic mass is 10.1. The lowest BCUT2D eigenvalue weighted by molar-refractivity contribution is -0.125. The van der Waals surface area contributed by atoms with Gasteiger partial charge in [0.05, 0.1) is 0 Å². The SMILES string of the molecule is CC(CBr)CCCNC(=O)C(C)C1CC1. The van der Waals surface area contributed by atoms with Crippen LogP contribution in [0.3, 0.4) is 0 Å². The zero-order valence-electron chi connectivity index (χ0n) is 9.76. The van der Waals surface area contributed by atoms with Gasteiger partial charge in [0.25, 0.3) is 0 Å². The maximum absolute atomic E-state index is 11.6. The maximum atomic E-state index is 11.6. The van der Waals surface area contributed by atoms with Crippen LogP contribution in [0.1, 0.15) is 39.5 Å².